The van der Waals surface area contributed by atoms with Crippen LogP contribution < -0.4 is 10.6 Å². The standard InChI is InChI=1S/C15H16N4O4S/c1-3-12-9(2)24-15(17-12)18-13(20)8-16-14(21)10-5-4-6-11(7-10)19(22)23/h4-7H,3,8H2,1-2H3,(H,16,21)(H,17,18,20). The largest absolute Gasteiger partial charge is 0.343 e. The quantitative estimate of drug-likeness (QED) is 0.614. The van der Waals surface area contributed by atoms with E-state index in [4.69, 9.17) is 0 Å². The molecule has 2 aromatic rings. The molecule has 0 aliphatic heterocycles. The highest BCUT2D eigenvalue weighted by Gasteiger charge is 2.13. The van der Waals surface area contributed by atoms with Gasteiger partial charge in [0.25, 0.3) is 11.6 Å². The molecule has 126 valence electrons. The summed E-state index contributed by atoms with van der Waals surface area (Å²) in [6, 6.07) is 5.31. The Morgan fingerprint density at radius 2 is 2.12 bits per heavy atom. The van der Waals surface area contributed by atoms with Gasteiger partial charge in [0, 0.05) is 22.6 Å². The second kappa shape index (κ2) is 7.64. The zero-order chi connectivity index (χ0) is 17.7. The highest BCUT2D eigenvalue weighted by atomic mass is 32.1. The number of nitro benzene ring substituents is 1. The summed E-state index contributed by atoms with van der Waals surface area (Å²) in [6.07, 6.45) is 0.779. The van der Waals surface area contributed by atoms with E-state index in [9.17, 15) is 19.7 Å². The summed E-state index contributed by atoms with van der Waals surface area (Å²) < 4.78 is 0. The number of hydrogen-bond acceptors (Lipinski definition) is 6. The van der Waals surface area contributed by atoms with Crippen LogP contribution in [0.1, 0.15) is 27.9 Å². The normalized spacial score (nSPS) is 10.2. The average molecular weight is 348 g/mol. The molecule has 1 aromatic carbocycles. The Morgan fingerprint density at radius 3 is 2.75 bits per heavy atom. The van der Waals surface area contributed by atoms with Gasteiger partial charge in [-0.3, -0.25) is 19.7 Å². The first-order valence-corrected chi connectivity index (χ1v) is 8.01. The van der Waals surface area contributed by atoms with Crippen LogP contribution in [0.5, 0.6) is 0 Å². The van der Waals surface area contributed by atoms with Gasteiger partial charge in [0.1, 0.15) is 0 Å². The van der Waals surface area contributed by atoms with Crippen molar-refractivity contribution in [1.82, 2.24) is 10.3 Å². The second-order valence-corrected chi connectivity index (χ2v) is 6.12. The van der Waals surface area contributed by atoms with Gasteiger partial charge < -0.3 is 10.6 Å². The molecule has 0 radical (unpaired) electrons. The first kappa shape index (κ1) is 17.5. The molecule has 0 unspecified atom stereocenters. The maximum absolute atomic E-state index is 12.0. The summed E-state index contributed by atoms with van der Waals surface area (Å²) in [5.41, 5.74) is 0.865. The maximum Gasteiger partial charge on any atom is 0.270 e. The van der Waals surface area contributed by atoms with Crippen molar-refractivity contribution in [2.24, 2.45) is 0 Å². The lowest BCUT2D eigenvalue weighted by molar-refractivity contribution is -0.384. The van der Waals surface area contributed by atoms with Crippen LogP contribution in [0.3, 0.4) is 0 Å². The van der Waals surface area contributed by atoms with Crippen LogP contribution in [-0.4, -0.2) is 28.3 Å². The van der Waals surface area contributed by atoms with Crippen LogP contribution in [0.15, 0.2) is 24.3 Å². The molecule has 1 heterocycles. The Balaban J connectivity index is 1.92. The van der Waals surface area contributed by atoms with Crippen molar-refractivity contribution in [3.63, 3.8) is 0 Å². The molecule has 1 aromatic heterocycles. The first-order chi connectivity index (χ1) is 11.4. The molecular formula is C15H16N4O4S. The number of aryl methyl sites for hydroxylation is 2. The Hall–Kier alpha value is -2.81. The maximum atomic E-state index is 12.0. The Kier molecular flexibility index (Phi) is 5.59. The van der Waals surface area contributed by atoms with E-state index in [1.54, 1.807) is 0 Å². The lowest BCUT2D eigenvalue weighted by atomic mass is 10.2. The number of nitrogens with zero attached hydrogens (tertiary/aromatic N) is 2. The van der Waals surface area contributed by atoms with Crippen LogP contribution in [-0.2, 0) is 11.2 Å². The van der Waals surface area contributed by atoms with Crippen molar-refractivity contribution >= 4 is 34.0 Å². The third-order valence-electron chi connectivity index (χ3n) is 3.20. The molecule has 8 nitrogen and oxygen atoms in total. The first-order valence-electron chi connectivity index (χ1n) is 7.19. The highest BCUT2D eigenvalue weighted by Crippen LogP contribution is 2.22. The minimum atomic E-state index is -0.584. The van der Waals surface area contributed by atoms with Gasteiger partial charge in [-0.05, 0) is 19.4 Å². The lowest BCUT2D eigenvalue weighted by Crippen LogP contribution is -2.32. The number of nitro groups is 1. The van der Waals surface area contributed by atoms with Crippen LogP contribution in [0, 0.1) is 17.0 Å². The number of non-ortho nitro benzene ring substituents is 1. The van der Waals surface area contributed by atoms with Crippen LogP contribution in [0.2, 0.25) is 0 Å². The predicted molar refractivity (Wildman–Crippen MR) is 90.3 cm³/mol. The van der Waals surface area contributed by atoms with Crippen LogP contribution in [0.4, 0.5) is 10.8 Å². The fourth-order valence-corrected chi connectivity index (χ4v) is 2.91. The van der Waals surface area contributed by atoms with E-state index >= 15 is 0 Å². The minimum absolute atomic E-state index is 0.121. The van der Waals surface area contributed by atoms with Crippen molar-refractivity contribution in [2.45, 2.75) is 20.3 Å². The van der Waals surface area contributed by atoms with E-state index in [0.717, 1.165) is 23.1 Å². The zero-order valence-electron chi connectivity index (χ0n) is 13.2. The molecule has 0 fully saturated rings. The number of aromatic nitrogens is 1. The zero-order valence-corrected chi connectivity index (χ0v) is 14.0. The molecule has 2 rings (SSSR count). The summed E-state index contributed by atoms with van der Waals surface area (Å²) in [5, 5.41) is 16.2. The van der Waals surface area contributed by atoms with E-state index in [1.165, 1.54) is 29.5 Å². The number of amides is 2. The molecule has 0 saturated heterocycles. The monoisotopic (exact) mass is 348 g/mol. The van der Waals surface area contributed by atoms with Crippen molar-refractivity contribution in [1.29, 1.82) is 0 Å². The summed E-state index contributed by atoms with van der Waals surface area (Å²) in [5.74, 6) is -0.969. The number of rotatable bonds is 6. The van der Waals surface area contributed by atoms with Crippen LogP contribution >= 0.6 is 11.3 Å². The summed E-state index contributed by atoms with van der Waals surface area (Å²) in [7, 11) is 0. The van der Waals surface area contributed by atoms with Gasteiger partial charge in [-0.25, -0.2) is 4.98 Å². The Labute approximate surface area is 142 Å². The SMILES string of the molecule is CCc1nc(NC(=O)CNC(=O)c2cccc([N+](=O)[O-])c2)sc1C. The number of carbonyl (C=O) groups excluding carboxylic acids is 2. The van der Waals surface area contributed by atoms with Crippen molar-refractivity contribution in [2.75, 3.05) is 11.9 Å². The van der Waals surface area contributed by atoms with E-state index in [0.29, 0.717) is 5.13 Å². The van der Waals surface area contributed by atoms with E-state index in [2.05, 4.69) is 15.6 Å². The molecule has 0 saturated carbocycles. The molecular weight excluding hydrogens is 332 g/mol. The predicted octanol–water partition coefficient (Wildman–Crippen LogP) is 2.29. The highest BCUT2D eigenvalue weighted by molar-refractivity contribution is 7.15. The molecule has 0 bridgehead atoms. The Bertz CT molecular complexity index is 788. The third-order valence-corrected chi connectivity index (χ3v) is 4.13. The summed E-state index contributed by atoms with van der Waals surface area (Å²) >= 11 is 1.37. The minimum Gasteiger partial charge on any atom is -0.343 e. The van der Waals surface area contributed by atoms with Crippen molar-refractivity contribution in [3.05, 3.63) is 50.5 Å². The lowest BCUT2D eigenvalue weighted by Gasteiger charge is -2.05. The van der Waals surface area contributed by atoms with Crippen LogP contribution in [0.25, 0.3) is 0 Å². The average Bonchev–Trinajstić information content (AvgIpc) is 2.92. The van der Waals surface area contributed by atoms with Gasteiger partial charge in [0.05, 0.1) is 17.2 Å². The topological polar surface area (TPSA) is 114 Å². The van der Waals surface area contributed by atoms with Crippen molar-refractivity contribution in [3.8, 4) is 0 Å². The van der Waals surface area contributed by atoms with Gasteiger partial charge >= 0.3 is 0 Å². The van der Waals surface area contributed by atoms with Gasteiger partial charge in [-0.15, -0.1) is 11.3 Å². The second-order valence-electron chi connectivity index (χ2n) is 4.91. The molecule has 0 spiro atoms. The number of carbonyl (C=O) groups is 2. The van der Waals surface area contributed by atoms with Crippen molar-refractivity contribution < 1.29 is 14.5 Å². The van der Waals surface area contributed by atoms with E-state index in [-0.39, 0.29) is 17.8 Å². The molecule has 0 atom stereocenters. The molecule has 2 amide bonds. The summed E-state index contributed by atoms with van der Waals surface area (Å²) in [4.78, 5) is 39.3. The van der Waals surface area contributed by atoms with E-state index < -0.39 is 16.7 Å². The molecule has 0 aliphatic carbocycles. The number of benzene rings is 1. The fraction of sp³-hybridized carbons (Fsp3) is 0.267. The number of nitrogens with one attached hydrogen (secondary N) is 2. The summed E-state index contributed by atoms with van der Waals surface area (Å²) in [6.45, 7) is 3.66. The third kappa shape index (κ3) is 4.35. The molecule has 24 heavy (non-hydrogen) atoms. The molecule has 2 N–H and O–H groups in total. The van der Waals surface area contributed by atoms with Gasteiger partial charge in [-0.2, -0.15) is 0 Å². The smallest absolute Gasteiger partial charge is 0.270 e. The number of anilines is 1. The van der Waals surface area contributed by atoms with Gasteiger partial charge in [0.2, 0.25) is 5.91 Å². The molecule has 0 aliphatic rings. The Morgan fingerprint density at radius 1 is 1.38 bits per heavy atom. The van der Waals surface area contributed by atoms with Gasteiger partial charge in [0.15, 0.2) is 5.13 Å². The van der Waals surface area contributed by atoms with E-state index in [1.807, 2.05) is 13.8 Å². The fourth-order valence-electron chi connectivity index (χ4n) is 2.00. The molecule has 9 heteroatoms. The number of hydrogen-bond donors (Lipinski definition) is 2. The van der Waals surface area contributed by atoms with Gasteiger partial charge in [-0.1, -0.05) is 13.0 Å². The number of thiazole rings is 1.